The third kappa shape index (κ3) is 3.95. The molecule has 1 aromatic rings. The fourth-order valence-electron chi connectivity index (χ4n) is 1.82. The molecule has 2 N–H and O–H groups in total. The molecule has 0 saturated carbocycles. The first-order valence-electron chi connectivity index (χ1n) is 6.33. The fourth-order valence-corrected chi connectivity index (χ4v) is 2.71. The van der Waals surface area contributed by atoms with Crippen LogP contribution in [0.1, 0.15) is 32.8 Å². The molecule has 0 aliphatic rings. The van der Waals surface area contributed by atoms with Crippen molar-refractivity contribution in [2.24, 2.45) is 11.7 Å². The third-order valence-corrected chi connectivity index (χ3v) is 4.07. The first-order chi connectivity index (χ1) is 8.49. The second-order valence-electron chi connectivity index (χ2n) is 4.58. The Morgan fingerprint density at radius 1 is 1.44 bits per heavy atom. The number of anilines is 1. The average Bonchev–Trinajstić information content (AvgIpc) is 2.34. The SMILES string of the molecule is CCC(C)CN(CC)c1ccc(C(N)=S)c(Br)c1. The van der Waals surface area contributed by atoms with Gasteiger partial charge in [-0.3, -0.25) is 0 Å². The largest absolute Gasteiger partial charge is 0.389 e. The van der Waals surface area contributed by atoms with Crippen LogP contribution in [0.4, 0.5) is 5.69 Å². The highest BCUT2D eigenvalue weighted by Crippen LogP contribution is 2.25. The summed E-state index contributed by atoms with van der Waals surface area (Å²) in [6.07, 6.45) is 1.20. The predicted molar refractivity (Wildman–Crippen MR) is 87.4 cm³/mol. The van der Waals surface area contributed by atoms with E-state index in [1.165, 1.54) is 12.1 Å². The number of benzene rings is 1. The van der Waals surface area contributed by atoms with Crippen molar-refractivity contribution in [1.29, 1.82) is 0 Å². The summed E-state index contributed by atoms with van der Waals surface area (Å²) in [6, 6.07) is 6.17. The minimum atomic E-state index is 0.429. The van der Waals surface area contributed by atoms with E-state index in [1.54, 1.807) is 0 Å². The van der Waals surface area contributed by atoms with E-state index in [2.05, 4.69) is 53.7 Å². The summed E-state index contributed by atoms with van der Waals surface area (Å²) in [5.74, 6) is 0.694. The molecule has 0 fully saturated rings. The molecule has 1 atom stereocenters. The van der Waals surface area contributed by atoms with Gasteiger partial charge in [-0.2, -0.15) is 0 Å². The van der Waals surface area contributed by atoms with Crippen LogP contribution in [0.15, 0.2) is 22.7 Å². The van der Waals surface area contributed by atoms with Gasteiger partial charge in [0.25, 0.3) is 0 Å². The number of hydrogen-bond donors (Lipinski definition) is 1. The summed E-state index contributed by atoms with van der Waals surface area (Å²) in [6.45, 7) is 8.76. The molecule has 1 rings (SSSR count). The van der Waals surface area contributed by atoms with Gasteiger partial charge in [0.15, 0.2) is 0 Å². The van der Waals surface area contributed by atoms with Gasteiger partial charge in [0, 0.05) is 28.8 Å². The van der Waals surface area contributed by atoms with Crippen LogP contribution in [0.2, 0.25) is 0 Å². The van der Waals surface area contributed by atoms with E-state index in [0.717, 1.165) is 23.1 Å². The lowest BCUT2D eigenvalue weighted by atomic mass is 10.1. The Labute approximate surface area is 124 Å². The Hall–Kier alpha value is -0.610. The van der Waals surface area contributed by atoms with Gasteiger partial charge >= 0.3 is 0 Å². The number of hydrogen-bond acceptors (Lipinski definition) is 2. The number of nitrogens with zero attached hydrogens (tertiary/aromatic N) is 1. The van der Waals surface area contributed by atoms with E-state index in [4.69, 9.17) is 18.0 Å². The zero-order chi connectivity index (χ0) is 13.7. The van der Waals surface area contributed by atoms with Crippen LogP contribution in [-0.2, 0) is 0 Å². The second-order valence-corrected chi connectivity index (χ2v) is 5.87. The Morgan fingerprint density at radius 2 is 2.11 bits per heavy atom. The van der Waals surface area contributed by atoms with Crippen molar-refractivity contribution in [2.45, 2.75) is 27.2 Å². The van der Waals surface area contributed by atoms with Gasteiger partial charge in [-0.1, -0.05) is 32.5 Å². The van der Waals surface area contributed by atoms with Crippen molar-refractivity contribution in [2.75, 3.05) is 18.0 Å². The summed E-state index contributed by atoms with van der Waals surface area (Å²) in [7, 11) is 0. The van der Waals surface area contributed by atoms with E-state index in [9.17, 15) is 0 Å². The summed E-state index contributed by atoms with van der Waals surface area (Å²) >= 11 is 8.54. The molecule has 0 aromatic heterocycles. The number of halogens is 1. The maximum absolute atomic E-state index is 5.66. The van der Waals surface area contributed by atoms with Gasteiger partial charge in [0.1, 0.15) is 4.99 Å². The highest BCUT2D eigenvalue weighted by atomic mass is 79.9. The molecule has 2 nitrogen and oxygen atoms in total. The van der Waals surface area contributed by atoms with E-state index in [-0.39, 0.29) is 0 Å². The van der Waals surface area contributed by atoms with Crippen LogP contribution in [0.3, 0.4) is 0 Å². The van der Waals surface area contributed by atoms with E-state index in [0.29, 0.717) is 10.9 Å². The lowest BCUT2D eigenvalue weighted by molar-refractivity contribution is 0.548. The molecule has 1 aromatic carbocycles. The Bertz CT molecular complexity index is 420. The van der Waals surface area contributed by atoms with Gasteiger partial charge in [-0.15, -0.1) is 0 Å². The van der Waals surface area contributed by atoms with Crippen LogP contribution >= 0.6 is 28.1 Å². The Balaban J connectivity index is 2.94. The molecule has 0 amide bonds. The van der Waals surface area contributed by atoms with Crippen LogP contribution in [-0.4, -0.2) is 18.1 Å². The lowest BCUT2D eigenvalue weighted by Gasteiger charge is -2.26. The third-order valence-electron chi connectivity index (χ3n) is 3.19. The lowest BCUT2D eigenvalue weighted by Crippen LogP contribution is -2.28. The molecule has 1 unspecified atom stereocenters. The quantitative estimate of drug-likeness (QED) is 0.801. The van der Waals surface area contributed by atoms with Crippen LogP contribution in [0, 0.1) is 5.92 Å². The van der Waals surface area contributed by atoms with Gasteiger partial charge in [-0.25, -0.2) is 0 Å². The van der Waals surface area contributed by atoms with Gasteiger partial charge in [0.2, 0.25) is 0 Å². The minimum absolute atomic E-state index is 0.429. The molecule has 0 heterocycles. The highest BCUT2D eigenvalue weighted by Gasteiger charge is 2.11. The molecule has 4 heteroatoms. The molecule has 0 saturated heterocycles. The summed E-state index contributed by atoms with van der Waals surface area (Å²) in [5.41, 5.74) is 7.77. The van der Waals surface area contributed by atoms with Crippen LogP contribution in [0.25, 0.3) is 0 Å². The van der Waals surface area contributed by atoms with Gasteiger partial charge in [0.05, 0.1) is 0 Å². The maximum Gasteiger partial charge on any atom is 0.105 e. The maximum atomic E-state index is 5.66. The molecule has 0 bridgehead atoms. The summed E-state index contributed by atoms with van der Waals surface area (Å²) < 4.78 is 0.968. The Morgan fingerprint density at radius 3 is 2.56 bits per heavy atom. The molecule has 0 aliphatic heterocycles. The summed E-state index contributed by atoms with van der Waals surface area (Å²) in [5, 5.41) is 0. The van der Waals surface area contributed by atoms with Gasteiger partial charge < -0.3 is 10.6 Å². The first-order valence-corrected chi connectivity index (χ1v) is 7.54. The summed E-state index contributed by atoms with van der Waals surface area (Å²) in [4.78, 5) is 2.81. The van der Waals surface area contributed by atoms with Crippen molar-refractivity contribution in [3.05, 3.63) is 28.2 Å². The Kier molecular flexibility index (Phi) is 6.09. The molecule has 0 aliphatic carbocycles. The highest BCUT2D eigenvalue weighted by molar-refractivity contribution is 9.10. The van der Waals surface area contributed by atoms with Crippen molar-refractivity contribution in [1.82, 2.24) is 0 Å². The standard InChI is InChI=1S/C14H21BrN2S/c1-4-10(3)9-17(5-2)11-6-7-12(14(16)18)13(15)8-11/h6-8,10H,4-5,9H2,1-3H3,(H2,16,18). The first kappa shape index (κ1) is 15.4. The normalized spacial score (nSPS) is 12.2. The number of thiocarbonyl (C=S) groups is 1. The van der Waals surface area contributed by atoms with E-state index < -0.39 is 0 Å². The van der Waals surface area contributed by atoms with Crippen molar-refractivity contribution >= 4 is 38.8 Å². The smallest absolute Gasteiger partial charge is 0.105 e. The zero-order valence-corrected chi connectivity index (χ0v) is 13.6. The molecule has 0 radical (unpaired) electrons. The van der Waals surface area contributed by atoms with Crippen LogP contribution < -0.4 is 10.6 Å². The number of rotatable bonds is 6. The molecular weight excluding hydrogens is 308 g/mol. The van der Waals surface area contributed by atoms with Crippen molar-refractivity contribution < 1.29 is 0 Å². The molecular formula is C14H21BrN2S. The zero-order valence-electron chi connectivity index (χ0n) is 11.2. The predicted octanol–water partition coefficient (Wildman–Crippen LogP) is 3.96. The topological polar surface area (TPSA) is 29.3 Å². The monoisotopic (exact) mass is 328 g/mol. The average molecular weight is 329 g/mol. The molecule has 100 valence electrons. The van der Waals surface area contributed by atoms with E-state index in [1.807, 2.05) is 6.07 Å². The fraction of sp³-hybridized carbons (Fsp3) is 0.500. The van der Waals surface area contributed by atoms with Crippen molar-refractivity contribution in [3.63, 3.8) is 0 Å². The van der Waals surface area contributed by atoms with Crippen LogP contribution in [0.5, 0.6) is 0 Å². The van der Waals surface area contributed by atoms with E-state index >= 15 is 0 Å². The van der Waals surface area contributed by atoms with Crippen molar-refractivity contribution in [3.8, 4) is 0 Å². The molecule has 18 heavy (non-hydrogen) atoms. The number of nitrogens with two attached hydrogens (primary N) is 1. The molecule has 0 spiro atoms. The second kappa shape index (κ2) is 7.10. The minimum Gasteiger partial charge on any atom is -0.389 e. The van der Waals surface area contributed by atoms with Gasteiger partial charge in [-0.05, 0) is 47.0 Å².